The molecule has 0 radical (unpaired) electrons. The standard InChI is InChI=1S/C19H20N4O3/c1-11-22-23-19(26-11)13-4-6-16(7-5-13)21-18(25)17(24)20-10-15-9-12-2-3-14(15)8-12/h2-7,12,14-15H,8-10H2,1H3,(H,20,24)(H,21,25)/t12-,14+,15-/m1/s1. The molecule has 2 aliphatic carbocycles. The first-order valence-corrected chi connectivity index (χ1v) is 8.76. The van der Waals surface area contributed by atoms with E-state index in [9.17, 15) is 9.59 Å². The number of carbonyl (C=O) groups is 2. The SMILES string of the molecule is Cc1nnc(-c2ccc(NC(=O)C(=O)NC[C@H]3C[C@@H]4C=C[C@H]3C4)cc2)o1. The van der Waals surface area contributed by atoms with Gasteiger partial charge in [0.25, 0.3) is 0 Å². The number of aromatic nitrogens is 2. The average molecular weight is 352 g/mol. The Kier molecular flexibility index (Phi) is 4.28. The van der Waals surface area contributed by atoms with Gasteiger partial charge in [-0.25, -0.2) is 0 Å². The first-order valence-electron chi connectivity index (χ1n) is 8.76. The van der Waals surface area contributed by atoms with Crippen LogP contribution in [0.1, 0.15) is 18.7 Å². The van der Waals surface area contributed by atoms with E-state index >= 15 is 0 Å². The molecular formula is C19H20N4O3. The predicted molar refractivity (Wildman–Crippen MR) is 95.0 cm³/mol. The number of hydrogen-bond acceptors (Lipinski definition) is 5. The number of amides is 2. The highest BCUT2D eigenvalue weighted by atomic mass is 16.4. The lowest BCUT2D eigenvalue weighted by atomic mass is 9.94. The Morgan fingerprint density at radius 2 is 1.92 bits per heavy atom. The third-order valence-corrected chi connectivity index (χ3v) is 5.06. The molecule has 0 spiro atoms. The molecule has 3 atom stereocenters. The fourth-order valence-corrected chi connectivity index (χ4v) is 3.73. The quantitative estimate of drug-likeness (QED) is 0.650. The molecule has 1 aromatic heterocycles. The summed E-state index contributed by atoms with van der Waals surface area (Å²) < 4.78 is 5.35. The maximum Gasteiger partial charge on any atom is 0.313 e. The molecule has 1 heterocycles. The summed E-state index contributed by atoms with van der Waals surface area (Å²) in [4.78, 5) is 24.1. The van der Waals surface area contributed by atoms with Crippen molar-refractivity contribution >= 4 is 17.5 Å². The maximum absolute atomic E-state index is 12.1. The zero-order chi connectivity index (χ0) is 18.1. The van der Waals surface area contributed by atoms with Crippen LogP contribution in [0.3, 0.4) is 0 Å². The van der Waals surface area contributed by atoms with Gasteiger partial charge in [-0.2, -0.15) is 0 Å². The minimum Gasteiger partial charge on any atom is -0.421 e. The van der Waals surface area contributed by atoms with E-state index in [1.54, 1.807) is 31.2 Å². The summed E-state index contributed by atoms with van der Waals surface area (Å²) in [7, 11) is 0. The summed E-state index contributed by atoms with van der Waals surface area (Å²) in [6.07, 6.45) is 6.77. The molecule has 2 N–H and O–H groups in total. The topological polar surface area (TPSA) is 97.1 Å². The van der Waals surface area contributed by atoms with E-state index in [0.717, 1.165) is 12.0 Å². The second-order valence-electron chi connectivity index (χ2n) is 6.91. The Morgan fingerprint density at radius 1 is 1.12 bits per heavy atom. The second kappa shape index (κ2) is 6.74. The molecule has 7 heteroatoms. The van der Waals surface area contributed by atoms with Gasteiger partial charge in [0.2, 0.25) is 11.8 Å². The van der Waals surface area contributed by atoms with Gasteiger partial charge in [0.1, 0.15) is 0 Å². The van der Waals surface area contributed by atoms with Crippen LogP contribution < -0.4 is 10.6 Å². The first-order chi connectivity index (χ1) is 12.6. The lowest BCUT2D eigenvalue weighted by Crippen LogP contribution is -2.38. The smallest absolute Gasteiger partial charge is 0.313 e. The monoisotopic (exact) mass is 352 g/mol. The molecule has 2 amide bonds. The van der Waals surface area contributed by atoms with Crippen LogP contribution in [0.5, 0.6) is 0 Å². The Morgan fingerprint density at radius 3 is 2.54 bits per heavy atom. The molecule has 1 fully saturated rings. The number of fused-ring (bicyclic) bond motifs is 2. The van der Waals surface area contributed by atoms with E-state index in [4.69, 9.17) is 4.42 Å². The van der Waals surface area contributed by atoms with Crippen molar-refractivity contribution in [3.8, 4) is 11.5 Å². The molecule has 0 aliphatic heterocycles. The van der Waals surface area contributed by atoms with Gasteiger partial charge >= 0.3 is 11.8 Å². The van der Waals surface area contributed by atoms with Gasteiger partial charge in [-0.1, -0.05) is 12.2 Å². The van der Waals surface area contributed by atoms with Gasteiger partial charge in [-0.15, -0.1) is 10.2 Å². The maximum atomic E-state index is 12.1. The molecule has 2 aromatic rings. The highest BCUT2D eigenvalue weighted by Crippen LogP contribution is 2.42. The Balaban J connectivity index is 1.29. The number of nitrogens with one attached hydrogen (secondary N) is 2. The zero-order valence-corrected chi connectivity index (χ0v) is 14.4. The number of nitrogens with zero attached hydrogens (tertiary/aromatic N) is 2. The van der Waals surface area contributed by atoms with Gasteiger partial charge < -0.3 is 15.1 Å². The largest absolute Gasteiger partial charge is 0.421 e. The summed E-state index contributed by atoms with van der Waals surface area (Å²) in [6.45, 7) is 2.27. The third-order valence-electron chi connectivity index (χ3n) is 5.06. The average Bonchev–Trinajstić information content (AvgIpc) is 3.37. The number of allylic oxidation sites excluding steroid dienone is 2. The number of benzene rings is 1. The fourth-order valence-electron chi connectivity index (χ4n) is 3.73. The molecule has 1 saturated carbocycles. The molecule has 7 nitrogen and oxygen atoms in total. The molecule has 4 rings (SSSR count). The lowest BCUT2D eigenvalue weighted by molar-refractivity contribution is -0.136. The van der Waals surface area contributed by atoms with Crippen LogP contribution in [-0.2, 0) is 9.59 Å². The highest BCUT2D eigenvalue weighted by molar-refractivity contribution is 6.39. The minimum absolute atomic E-state index is 0.415. The number of rotatable bonds is 4. The fraction of sp³-hybridized carbons (Fsp3) is 0.368. The predicted octanol–water partition coefficient (Wildman–Crippen LogP) is 2.31. The van der Waals surface area contributed by atoms with Gasteiger partial charge in [0, 0.05) is 24.7 Å². The lowest BCUT2D eigenvalue weighted by Gasteiger charge is -2.18. The normalized spacial score (nSPS) is 23.2. The van der Waals surface area contributed by atoms with E-state index in [1.807, 2.05) is 0 Å². The van der Waals surface area contributed by atoms with Crippen LogP contribution >= 0.6 is 0 Å². The van der Waals surface area contributed by atoms with Crippen molar-refractivity contribution in [2.24, 2.45) is 17.8 Å². The second-order valence-corrected chi connectivity index (χ2v) is 6.91. The molecule has 134 valence electrons. The van der Waals surface area contributed by atoms with Crippen molar-refractivity contribution in [2.75, 3.05) is 11.9 Å². The summed E-state index contributed by atoms with van der Waals surface area (Å²) in [6, 6.07) is 6.89. The van der Waals surface area contributed by atoms with Crippen LogP contribution in [0, 0.1) is 24.7 Å². The first kappa shape index (κ1) is 16.5. The van der Waals surface area contributed by atoms with Crippen molar-refractivity contribution in [1.82, 2.24) is 15.5 Å². The van der Waals surface area contributed by atoms with Crippen molar-refractivity contribution in [2.45, 2.75) is 19.8 Å². The Hall–Kier alpha value is -2.96. The van der Waals surface area contributed by atoms with Crippen LogP contribution in [-0.4, -0.2) is 28.6 Å². The van der Waals surface area contributed by atoms with Gasteiger partial charge in [-0.05, 0) is 54.9 Å². The van der Waals surface area contributed by atoms with Crippen molar-refractivity contribution < 1.29 is 14.0 Å². The minimum atomic E-state index is -0.662. The van der Waals surface area contributed by atoms with E-state index in [2.05, 4.69) is 33.0 Å². The van der Waals surface area contributed by atoms with Crippen molar-refractivity contribution in [1.29, 1.82) is 0 Å². The van der Waals surface area contributed by atoms with E-state index < -0.39 is 11.8 Å². The van der Waals surface area contributed by atoms with Crippen molar-refractivity contribution in [3.63, 3.8) is 0 Å². The zero-order valence-electron chi connectivity index (χ0n) is 14.4. The molecular weight excluding hydrogens is 332 g/mol. The Bertz CT molecular complexity index is 856. The molecule has 26 heavy (non-hydrogen) atoms. The molecule has 2 aliphatic rings. The number of aryl methyl sites for hydroxylation is 1. The van der Waals surface area contributed by atoms with Gasteiger partial charge in [0.05, 0.1) is 0 Å². The van der Waals surface area contributed by atoms with E-state index in [1.165, 1.54) is 6.42 Å². The van der Waals surface area contributed by atoms with Crippen LogP contribution in [0.15, 0.2) is 40.8 Å². The van der Waals surface area contributed by atoms with Gasteiger partial charge in [0.15, 0.2) is 0 Å². The van der Waals surface area contributed by atoms with Crippen LogP contribution in [0.2, 0.25) is 0 Å². The summed E-state index contributed by atoms with van der Waals surface area (Å²) in [5, 5.41) is 13.1. The van der Waals surface area contributed by atoms with E-state index in [-0.39, 0.29) is 0 Å². The molecule has 1 aromatic carbocycles. The summed E-state index contributed by atoms with van der Waals surface area (Å²) in [5.41, 5.74) is 1.28. The van der Waals surface area contributed by atoms with E-state index in [0.29, 0.717) is 41.8 Å². The van der Waals surface area contributed by atoms with Gasteiger partial charge in [-0.3, -0.25) is 9.59 Å². The van der Waals surface area contributed by atoms with Crippen molar-refractivity contribution in [3.05, 3.63) is 42.3 Å². The third kappa shape index (κ3) is 3.37. The highest BCUT2D eigenvalue weighted by Gasteiger charge is 2.35. The molecule has 0 unspecified atom stereocenters. The number of hydrogen-bond donors (Lipinski definition) is 2. The van der Waals surface area contributed by atoms with Crippen LogP contribution in [0.25, 0.3) is 11.5 Å². The molecule has 2 bridgehead atoms. The number of anilines is 1. The molecule has 0 saturated heterocycles. The number of carbonyl (C=O) groups excluding carboxylic acids is 2. The summed E-state index contributed by atoms with van der Waals surface area (Å²) in [5.74, 6) is 1.27. The Labute approximate surface area is 150 Å². The summed E-state index contributed by atoms with van der Waals surface area (Å²) >= 11 is 0. The van der Waals surface area contributed by atoms with Crippen LogP contribution in [0.4, 0.5) is 5.69 Å².